The van der Waals surface area contributed by atoms with Crippen LogP contribution in [0.4, 0.5) is 0 Å². The van der Waals surface area contributed by atoms with Crippen LogP contribution in [0, 0.1) is 0 Å². The van der Waals surface area contributed by atoms with Gasteiger partial charge in [0.25, 0.3) is 0 Å². The molecule has 0 aliphatic carbocycles. The first-order valence-electron chi connectivity index (χ1n) is 6.91. The number of hydrogen-bond donors (Lipinski definition) is 2. The minimum Gasteiger partial charge on any atom is -0.480 e. The zero-order valence-corrected chi connectivity index (χ0v) is 11.4. The van der Waals surface area contributed by atoms with Gasteiger partial charge in [-0.1, -0.05) is 37.3 Å². The molecule has 1 aliphatic rings. The summed E-state index contributed by atoms with van der Waals surface area (Å²) in [6, 6.07) is 10.2. The minimum atomic E-state index is -0.759. The largest absolute Gasteiger partial charge is 0.480 e. The van der Waals surface area contributed by atoms with Gasteiger partial charge in [-0.05, 0) is 24.9 Å². The first-order valence-corrected chi connectivity index (χ1v) is 6.91. The third-order valence-electron chi connectivity index (χ3n) is 3.72. The van der Waals surface area contributed by atoms with Gasteiger partial charge in [-0.15, -0.1) is 0 Å². The molecule has 1 unspecified atom stereocenters. The third-order valence-corrected chi connectivity index (χ3v) is 3.72. The number of carboxylic acids is 1. The fourth-order valence-electron chi connectivity index (χ4n) is 2.62. The lowest BCUT2D eigenvalue weighted by Gasteiger charge is -2.26. The Hall–Kier alpha value is -1.39. The molecule has 0 radical (unpaired) electrons. The molecule has 0 amide bonds. The van der Waals surface area contributed by atoms with Gasteiger partial charge < -0.3 is 10.4 Å². The molecule has 1 saturated heterocycles. The van der Waals surface area contributed by atoms with Crippen LogP contribution in [0.3, 0.4) is 0 Å². The Balaban J connectivity index is 1.98. The zero-order valence-electron chi connectivity index (χ0n) is 11.4. The van der Waals surface area contributed by atoms with Crippen LogP contribution < -0.4 is 5.32 Å². The number of aliphatic carboxylic acids is 1. The molecule has 4 heteroatoms. The minimum absolute atomic E-state index is 0.581. The van der Waals surface area contributed by atoms with Gasteiger partial charge in [-0.25, -0.2) is 0 Å². The SMILES string of the molecule is CCCNC1(C(=O)O)CCN(Cc2ccccc2)C1. The Kier molecular flexibility index (Phi) is 4.56. The van der Waals surface area contributed by atoms with Crippen molar-refractivity contribution in [3.05, 3.63) is 35.9 Å². The lowest BCUT2D eigenvalue weighted by molar-refractivity contribution is -0.144. The molecule has 1 fully saturated rings. The van der Waals surface area contributed by atoms with Crippen molar-refractivity contribution in [3.8, 4) is 0 Å². The lowest BCUT2D eigenvalue weighted by Crippen LogP contribution is -2.54. The number of carboxylic acid groups (broad SMARTS) is 1. The average molecular weight is 262 g/mol. The molecule has 2 N–H and O–H groups in total. The monoisotopic (exact) mass is 262 g/mol. The number of benzene rings is 1. The molecule has 104 valence electrons. The highest BCUT2D eigenvalue weighted by molar-refractivity contribution is 5.79. The summed E-state index contributed by atoms with van der Waals surface area (Å²) in [6.07, 6.45) is 1.63. The standard InChI is InChI=1S/C15H22N2O2/c1-2-9-16-15(14(18)19)8-10-17(12-15)11-13-6-4-3-5-7-13/h3-7,16H,2,8-12H2,1H3,(H,18,19). The molecule has 0 saturated carbocycles. The van der Waals surface area contributed by atoms with E-state index < -0.39 is 11.5 Å². The van der Waals surface area contributed by atoms with Gasteiger partial charge in [0, 0.05) is 19.6 Å². The normalized spacial score (nSPS) is 23.6. The van der Waals surface area contributed by atoms with E-state index >= 15 is 0 Å². The molecular formula is C15H22N2O2. The molecule has 4 nitrogen and oxygen atoms in total. The van der Waals surface area contributed by atoms with Crippen LogP contribution in [0.15, 0.2) is 30.3 Å². The van der Waals surface area contributed by atoms with Crippen molar-refractivity contribution in [1.82, 2.24) is 10.2 Å². The Bertz CT molecular complexity index is 421. The van der Waals surface area contributed by atoms with E-state index in [2.05, 4.69) is 29.3 Å². The predicted molar refractivity (Wildman–Crippen MR) is 75.0 cm³/mol. The smallest absolute Gasteiger partial charge is 0.325 e. The molecule has 1 atom stereocenters. The first-order chi connectivity index (χ1) is 9.16. The number of carbonyl (C=O) groups is 1. The summed E-state index contributed by atoms with van der Waals surface area (Å²) in [7, 11) is 0. The summed E-state index contributed by atoms with van der Waals surface area (Å²) >= 11 is 0. The zero-order chi connectivity index (χ0) is 13.7. The molecule has 1 aliphatic heterocycles. The fourth-order valence-corrected chi connectivity index (χ4v) is 2.62. The molecule has 1 aromatic carbocycles. The van der Waals surface area contributed by atoms with Crippen molar-refractivity contribution < 1.29 is 9.90 Å². The van der Waals surface area contributed by atoms with E-state index in [1.54, 1.807) is 0 Å². The van der Waals surface area contributed by atoms with E-state index in [9.17, 15) is 9.90 Å². The second-order valence-electron chi connectivity index (χ2n) is 5.26. The van der Waals surface area contributed by atoms with Crippen LogP contribution in [0.5, 0.6) is 0 Å². The van der Waals surface area contributed by atoms with Gasteiger partial charge in [-0.2, -0.15) is 0 Å². The van der Waals surface area contributed by atoms with Crippen LogP contribution in [0.2, 0.25) is 0 Å². The maximum atomic E-state index is 11.5. The van der Waals surface area contributed by atoms with Crippen LogP contribution in [-0.2, 0) is 11.3 Å². The molecule has 1 heterocycles. The maximum absolute atomic E-state index is 11.5. The second-order valence-corrected chi connectivity index (χ2v) is 5.26. The highest BCUT2D eigenvalue weighted by Crippen LogP contribution is 2.23. The Morgan fingerprint density at radius 1 is 1.42 bits per heavy atom. The van der Waals surface area contributed by atoms with Crippen molar-refractivity contribution in [2.75, 3.05) is 19.6 Å². The van der Waals surface area contributed by atoms with E-state index in [4.69, 9.17) is 0 Å². The van der Waals surface area contributed by atoms with Crippen molar-refractivity contribution in [1.29, 1.82) is 0 Å². The van der Waals surface area contributed by atoms with Gasteiger partial charge in [-0.3, -0.25) is 9.69 Å². The molecule has 1 aromatic rings. The second kappa shape index (κ2) is 6.17. The van der Waals surface area contributed by atoms with E-state index in [0.717, 1.165) is 26.1 Å². The molecular weight excluding hydrogens is 240 g/mol. The van der Waals surface area contributed by atoms with Crippen molar-refractivity contribution >= 4 is 5.97 Å². The fraction of sp³-hybridized carbons (Fsp3) is 0.533. The van der Waals surface area contributed by atoms with Gasteiger partial charge >= 0.3 is 5.97 Å². The quantitative estimate of drug-likeness (QED) is 0.819. The molecule has 0 spiro atoms. The highest BCUT2D eigenvalue weighted by atomic mass is 16.4. The summed E-state index contributed by atoms with van der Waals surface area (Å²) < 4.78 is 0. The average Bonchev–Trinajstić information content (AvgIpc) is 2.82. The number of nitrogens with zero attached hydrogens (tertiary/aromatic N) is 1. The van der Waals surface area contributed by atoms with Crippen LogP contribution in [0.1, 0.15) is 25.3 Å². The lowest BCUT2D eigenvalue weighted by atomic mass is 9.99. The summed E-state index contributed by atoms with van der Waals surface area (Å²) in [6.45, 7) is 5.05. The number of nitrogens with one attached hydrogen (secondary N) is 1. The van der Waals surface area contributed by atoms with Crippen LogP contribution >= 0.6 is 0 Å². The Labute approximate surface area is 114 Å². The van der Waals surface area contributed by atoms with Crippen LogP contribution in [-0.4, -0.2) is 41.1 Å². The molecule has 0 aromatic heterocycles. The van der Waals surface area contributed by atoms with E-state index in [-0.39, 0.29) is 0 Å². The van der Waals surface area contributed by atoms with Crippen molar-refractivity contribution in [2.24, 2.45) is 0 Å². The van der Waals surface area contributed by atoms with Crippen molar-refractivity contribution in [3.63, 3.8) is 0 Å². The predicted octanol–water partition coefficient (Wildman–Crippen LogP) is 1.72. The van der Waals surface area contributed by atoms with Crippen LogP contribution in [0.25, 0.3) is 0 Å². The van der Waals surface area contributed by atoms with Gasteiger partial charge in [0.2, 0.25) is 0 Å². The Morgan fingerprint density at radius 2 is 2.16 bits per heavy atom. The van der Waals surface area contributed by atoms with E-state index in [0.29, 0.717) is 13.0 Å². The number of likely N-dealkylation sites (tertiary alicyclic amines) is 1. The molecule has 19 heavy (non-hydrogen) atoms. The topological polar surface area (TPSA) is 52.6 Å². The van der Waals surface area contributed by atoms with Gasteiger partial charge in [0.1, 0.15) is 5.54 Å². The highest BCUT2D eigenvalue weighted by Gasteiger charge is 2.44. The summed E-state index contributed by atoms with van der Waals surface area (Å²) in [5.74, 6) is -0.725. The summed E-state index contributed by atoms with van der Waals surface area (Å²) in [5.41, 5.74) is 0.476. The number of rotatable bonds is 6. The molecule has 0 bridgehead atoms. The van der Waals surface area contributed by atoms with E-state index in [1.807, 2.05) is 18.2 Å². The maximum Gasteiger partial charge on any atom is 0.325 e. The Morgan fingerprint density at radius 3 is 2.79 bits per heavy atom. The molecule has 2 rings (SSSR count). The number of hydrogen-bond acceptors (Lipinski definition) is 3. The van der Waals surface area contributed by atoms with Gasteiger partial charge in [0.15, 0.2) is 0 Å². The van der Waals surface area contributed by atoms with E-state index in [1.165, 1.54) is 5.56 Å². The first kappa shape index (κ1) is 14.0. The summed E-state index contributed by atoms with van der Waals surface area (Å²) in [4.78, 5) is 13.8. The van der Waals surface area contributed by atoms with Gasteiger partial charge in [0.05, 0.1) is 0 Å². The third kappa shape index (κ3) is 3.33. The van der Waals surface area contributed by atoms with Crippen molar-refractivity contribution in [2.45, 2.75) is 31.8 Å². The summed E-state index contributed by atoms with van der Waals surface area (Å²) in [5, 5.41) is 12.7.